The Morgan fingerprint density at radius 2 is 1.67 bits per heavy atom. The minimum atomic E-state index is -0.893. The molecule has 0 aliphatic carbocycles. The van der Waals surface area contributed by atoms with Gasteiger partial charge in [0.05, 0.1) is 11.6 Å². The number of hydrogen-bond donors (Lipinski definition) is 0. The third kappa shape index (κ3) is 1.83. The summed E-state index contributed by atoms with van der Waals surface area (Å²) in [5.41, 5.74) is -0.281. The number of aromatic nitrogens is 1. The van der Waals surface area contributed by atoms with Crippen LogP contribution in [0.5, 0.6) is 0 Å². The third-order valence-corrected chi connectivity index (χ3v) is 1.90. The molecule has 0 spiro atoms. The molecule has 1 aromatic heterocycles. The number of benzene rings is 1. The minimum absolute atomic E-state index is 0.0121. The Morgan fingerprint density at radius 3 is 2.27 bits per heavy atom. The highest BCUT2D eigenvalue weighted by molar-refractivity contribution is 5.63. The van der Waals surface area contributed by atoms with Gasteiger partial charge in [-0.15, -0.1) is 0 Å². The highest BCUT2D eigenvalue weighted by atomic mass is 19.1. The molecule has 1 aromatic carbocycles. The van der Waals surface area contributed by atoms with Gasteiger partial charge >= 0.3 is 0 Å². The molecule has 0 aliphatic rings. The summed E-state index contributed by atoms with van der Waals surface area (Å²) in [5, 5.41) is 0. The van der Waals surface area contributed by atoms with Crippen molar-refractivity contribution in [2.45, 2.75) is 0 Å². The van der Waals surface area contributed by atoms with Crippen molar-refractivity contribution in [2.24, 2.45) is 0 Å². The molecule has 1 heterocycles. The van der Waals surface area contributed by atoms with E-state index >= 15 is 0 Å². The van der Waals surface area contributed by atoms with E-state index < -0.39 is 17.6 Å². The average molecular weight is 208 g/mol. The molecule has 1 radical (unpaired) electrons. The maximum atomic E-state index is 13.3. The van der Waals surface area contributed by atoms with Gasteiger partial charge in [-0.05, 0) is 18.2 Å². The van der Waals surface area contributed by atoms with E-state index in [1.807, 2.05) is 0 Å². The fourth-order valence-electron chi connectivity index (χ4n) is 1.26. The van der Waals surface area contributed by atoms with Crippen LogP contribution in [0.15, 0.2) is 30.5 Å². The normalized spacial score (nSPS) is 10.3. The molecule has 0 amide bonds. The predicted molar refractivity (Wildman–Crippen MR) is 48.4 cm³/mol. The van der Waals surface area contributed by atoms with Crippen molar-refractivity contribution in [3.63, 3.8) is 0 Å². The fraction of sp³-hybridized carbons (Fsp3) is 0. The maximum absolute atomic E-state index is 13.3. The van der Waals surface area contributed by atoms with Crippen molar-refractivity contribution < 1.29 is 13.2 Å². The largest absolute Gasteiger partial charge is 0.228 e. The van der Waals surface area contributed by atoms with E-state index in [1.54, 1.807) is 0 Å². The number of rotatable bonds is 1. The highest BCUT2D eigenvalue weighted by Gasteiger charge is 2.11. The molecule has 75 valence electrons. The van der Waals surface area contributed by atoms with Gasteiger partial charge in [-0.25, -0.2) is 13.8 Å². The first-order valence-corrected chi connectivity index (χ1v) is 4.16. The van der Waals surface area contributed by atoms with E-state index in [9.17, 15) is 13.2 Å². The number of pyridine rings is 1. The van der Waals surface area contributed by atoms with Gasteiger partial charge in [0.15, 0.2) is 0 Å². The summed E-state index contributed by atoms with van der Waals surface area (Å²) >= 11 is 0. The lowest BCUT2D eigenvalue weighted by atomic mass is 10.1. The SMILES string of the molecule is Fc1[c]c(-c2c(F)cccc2F)ccn1. The summed E-state index contributed by atoms with van der Waals surface area (Å²) in [6.07, 6.45) is 1.13. The average Bonchev–Trinajstić information content (AvgIpc) is 2.17. The number of hydrogen-bond acceptors (Lipinski definition) is 1. The van der Waals surface area contributed by atoms with Gasteiger partial charge in [0, 0.05) is 11.8 Å². The summed E-state index contributed by atoms with van der Waals surface area (Å²) in [5.74, 6) is -2.40. The van der Waals surface area contributed by atoms with Gasteiger partial charge in [0.25, 0.3) is 0 Å². The molecule has 15 heavy (non-hydrogen) atoms. The molecule has 0 saturated carbocycles. The van der Waals surface area contributed by atoms with Crippen LogP contribution >= 0.6 is 0 Å². The first-order valence-electron chi connectivity index (χ1n) is 4.16. The Balaban J connectivity index is 2.63. The quantitative estimate of drug-likeness (QED) is 0.656. The summed E-state index contributed by atoms with van der Waals surface area (Å²) in [6.45, 7) is 0. The lowest BCUT2D eigenvalue weighted by molar-refractivity contribution is 0.577. The Morgan fingerprint density at radius 1 is 1.00 bits per heavy atom. The molecule has 0 saturated heterocycles. The third-order valence-electron chi connectivity index (χ3n) is 1.90. The minimum Gasteiger partial charge on any atom is -0.228 e. The number of halogens is 3. The standard InChI is InChI=1S/C11H5F3N/c12-8-2-1-3-9(13)11(8)7-4-5-15-10(14)6-7/h1-5H. The molecule has 0 bridgehead atoms. The maximum Gasteiger partial charge on any atom is 0.221 e. The van der Waals surface area contributed by atoms with Crippen LogP contribution < -0.4 is 0 Å². The first-order chi connectivity index (χ1) is 7.18. The van der Waals surface area contributed by atoms with Crippen molar-refractivity contribution >= 4 is 0 Å². The van der Waals surface area contributed by atoms with Crippen LogP contribution in [0.1, 0.15) is 0 Å². The van der Waals surface area contributed by atoms with Gasteiger partial charge in [-0.1, -0.05) is 6.07 Å². The van der Waals surface area contributed by atoms with Crippen molar-refractivity contribution in [1.29, 1.82) is 0 Å². The fourth-order valence-corrected chi connectivity index (χ4v) is 1.26. The van der Waals surface area contributed by atoms with E-state index in [0.717, 1.165) is 18.3 Å². The Bertz CT molecular complexity index is 477. The topological polar surface area (TPSA) is 12.9 Å². The van der Waals surface area contributed by atoms with Gasteiger partial charge in [0.2, 0.25) is 5.95 Å². The molecule has 0 unspecified atom stereocenters. The molecule has 0 fully saturated rings. The molecule has 4 heteroatoms. The summed E-state index contributed by atoms with van der Waals surface area (Å²) in [7, 11) is 0. The monoisotopic (exact) mass is 208 g/mol. The van der Waals surface area contributed by atoms with Crippen molar-refractivity contribution in [1.82, 2.24) is 4.98 Å². The van der Waals surface area contributed by atoms with Gasteiger partial charge in [0.1, 0.15) is 11.6 Å². The van der Waals surface area contributed by atoms with Gasteiger partial charge in [-0.3, -0.25) is 0 Å². The van der Waals surface area contributed by atoms with Crippen LogP contribution in [-0.2, 0) is 0 Å². The molecule has 2 aromatic rings. The van der Waals surface area contributed by atoms with E-state index in [2.05, 4.69) is 11.1 Å². The summed E-state index contributed by atoms with van der Waals surface area (Å²) in [4.78, 5) is 3.26. The van der Waals surface area contributed by atoms with Crippen LogP contribution in [0.2, 0.25) is 0 Å². The Kier molecular flexibility index (Phi) is 2.41. The van der Waals surface area contributed by atoms with Crippen molar-refractivity contribution in [3.8, 4) is 11.1 Å². The molecule has 1 nitrogen and oxygen atoms in total. The molecular formula is C11H5F3N. The van der Waals surface area contributed by atoms with Crippen molar-refractivity contribution in [2.75, 3.05) is 0 Å². The molecular weight excluding hydrogens is 203 g/mol. The molecule has 0 atom stereocenters. The van der Waals surface area contributed by atoms with Gasteiger partial charge < -0.3 is 0 Å². The smallest absolute Gasteiger partial charge is 0.221 e. The predicted octanol–water partition coefficient (Wildman–Crippen LogP) is 2.97. The zero-order valence-corrected chi connectivity index (χ0v) is 7.47. The van der Waals surface area contributed by atoms with Crippen molar-refractivity contribution in [3.05, 3.63) is 54.1 Å². The zero-order valence-electron chi connectivity index (χ0n) is 7.47. The summed E-state index contributed by atoms with van der Waals surface area (Å²) in [6, 6.07) is 6.89. The first kappa shape index (κ1) is 9.71. The molecule has 0 aliphatic heterocycles. The van der Waals surface area contributed by atoms with Crippen LogP contribution in [0.25, 0.3) is 11.1 Å². The lowest BCUT2D eigenvalue weighted by Crippen LogP contribution is -1.91. The van der Waals surface area contributed by atoms with Crippen LogP contribution in [-0.4, -0.2) is 4.98 Å². The second-order valence-electron chi connectivity index (χ2n) is 2.87. The Hall–Kier alpha value is -1.84. The van der Waals surface area contributed by atoms with Crippen LogP contribution in [0.4, 0.5) is 13.2 Å². The highest BCUT2D eigenvalue weighted by Crippen LogP contribution is 2.25. The lowest BCUT2D eigenvalue weighted by Gasteiger charge is -2.03. The zero-order chi connectivity index (χ0) is 10.8. The van der Waals surface area contributed by atoms with E-state index in [0.29, 0.717) is 0 Å². The van der Waals surface area contributed by atoms with E-state index in [-0.39, 0.29) is 11.1 Å². The van der Waals surface area contributed by atoms with E-state index in [1.165, 1.54) is 12.1 Å². The van der Waals surface area contributed by atoms with Gasteiger partial charge in [-0.2, -0.15) is 4.39 Å². The van der Waals surface area contributed by atoms with Crippen LogP contribution in [0.3, 0.4) is 0 Å². The Labute approximate surface area is 84.2 Å². The second-order valence-corrected chi connectivity index (χ2v) is 2.87. The number of nitrogens with zero attached hydrogens (tertiary/aromatic N) is 1. The van der Waals surface area contributed by atoms with Crippen LogP contribution in [0, 0.1) is 23.6 Å². The molecule has 0 N–H and O–H groups in total. The molecule has 2 rings (SSSR count). The second kappa shape index (κ2) is 3.73. The van der Waals surface area contributed by atoms with E-state index in [4.69, 9.17) is 0 Å². The summed E-state index contributed by atoms with van der Waals surface area (Å²) < 4.78 is 39.2.